The summed E-state index contributed by atoms with van der Waals surface area (Å²) in [5, 5.41) is 2.76. The second-order valence-electron chi connectivity index (χ2n) is 7.93. The first kappa shape index (κ1) is 23.4. The van der Waals surface area contributed by atoms with E-state index in [1.807, 2.05) is 6.07 Å². The number of pyridine rings is 1. The van der Waals surface area contributed by atoms with E-state index < -0.39 is 11.6 Å². The lowest BCUT2D eigenvalue weighted by atomic mass is 10.1. The molecule has 0 unspecified atom stereocenters. The number of aromatic nitrogens is 1. The first-order valence-electron chi connectivity index (χ1n) is 10.4. The third-order valence-electron chi connectivity index (χ3n) is 5.56. The van der Waals surface area contributed by atoms with E-state index in [1.54, 1.807) is 18.3 Å². The molecule has 1 fully saturated rings. The van der Waals surface area contributed by atoms with Crippen LogP contribution in [0.25, 0.3) is 10.4 Å². The van der Waals surface area contributed by atoms with Gasteiger partial charge in [-0.25, -0.2) is 13.8 Å². The number of piperidine rings is 1. The van der Waals surface area contributed by atoms with Gasteiger partial charge in [0.1, 0.15) is 18.2 Å². The Balaban J connectivity index is 1.46. The SMILES string of the molecule is CN1CCC(NC(=O)c2ccc(-c3cnc(N)c(OCc4c(F)ccc(F)c4Cl)c3)s2)CC1. The summed E-state index contributed by atoms with van der Waals surface area (Å²) in [6, 6.07) is 7.36. The molecular formula is C23H23ClF2N4O2S. The Labute approximate surface area is 199 Å². The molecular weight excluding hydrogens is 470 g/mol. The zero-order valence-corrected chi connectivity index (χ0v) is 19.5. The number of hydrogen-bond acceptors (Lipinski definition) is 6. The highest BCUT2D eigenvalue weighted by Gasteiger charge is 2.20. The maximum Gasteiger partial charge on any atom is 0.261 e. The van der Waals surface area contributed by atoms with Gasteiger partial charge in [0.2, 0.25) is 0 Å². The standard InChI is InChI=1S/C23H23ClF2N4O2S/c1-30-8-6-14(7-9-30)29-23(31)20-5-4-19(33-20)13-10-18(22(27)28-11-13)32-12-15-16(25)2-3-17(26)21(15)24/h2-5,10-11,14H,6-9,12H2,1H3,(H2,27,28)(H,29,31). The van der Waals surface area contributed by atoms with Crippen molar-refractivity contribution < 1.29 is 18.3 Å². The molecule has 3 heterocycles. The van der Waals surface area contributed by atoms with Gasteiger partial charge in [0, 0.05) is 28.2 Å². The number of thiophene rings is 1. The Morgan fingerprint density at radius 2 is 2.00 bits per heavy atom. The van der Waals surface area contributed by atoms with E-state index in [2.05, 4.69) is 22.2 Å². The van der Waals surface area contributed by atoms with Crippen molar-refractivity contribution in [3.05, 3.63) is 63.6 Å². The first-order chi connectivity index (χ1) is 15.8. The van der Waals surface area contributed by atoms with Gasteiger partial charge in [0.15, 0.2) is 11.6 Å². The topological polar surface area (TPSA) is 80.5 Å². The fraction of sp³-hybridized carbons (Fsp3) is 0.304. The van der Waals surface area contributed by atoms with E-state index in [-0.39, 0.29) is 40.7 Å². The van der Waals surface area contributed by atoms with Crippen molar-refractivity contribution in [2.45, 2.75) is 25.5 Å². The highest BCUT2D eigenvalue weighted by atomic mass is 35.5. The number of rotatable bonds is 6. The zero-order valence-electron chi connectivity index (χ0n) is 17.9. The van der Waals surface area contributed by atoms with E-state index in [1.165, 1.54) is 11.3 Å². The molecule has 1 aliphatic rings. The highest BCUT2D eigenvalue weighted by Crippen LogP contribution is 2.33. The Kier molecular flexibility index (Phi) is 7.11. The average molecular weight is 493 g/mol. The predicted octanol–water partition coefficient (Wildman–Crippen LogP) is 4.73. The molecule has 33 heavy (non-hydrogen) atoms. The number of anilines is 1. The van der Waals surface area contributed by atoms with Crippen LogP contribution in [-0.2, 0) is 6.61 Å². The highest BCUT2D eigenvalue weighted by molar-refractivity contribution is 7.17. The number of nitrogens with two attached hydrogens (primary N) is 1. The van der Waals surface area contributed by atoms with Crippen LogP contribution < -0.4 is 15.8 Å². The number of ether oxygens (including phenoxy) is 1. The molecule has 3 aromatic rings. The van der Waals surface area contributed by atoms with Crippen LogP contribution in [0.1, 0.15) is 28.1 Å². The molecule has 1 saturated heterocycles. The Morgan fingerprint density at radius 1 is 1.27 bits per heavy atom. The fourth-order valence-electron chi connectivity index (χ4n) is 3.58. The van der Waals surface area contributed by atoms with Gasteiger partial charge in [0.05, 0.1) is 9.90 Å². The van der Waals surface area contributed by atoms with Crippen LogP contribution in [0.5, 0.6) is 5.75 Å². The minimum absolute atomic E-state index is 0.100. The van der Waals surface area contributed by atoms with Crippen LogP contribution in [0.4, 0.5) is 14.6 Å². The lowest BCUT2D eigenvalue weighted by molar-refractivity contribution is 0.0921. The van der Waals surface area contributed by atoms with Gasteiger partial charge in [-0.3, -0.25) is 4.79 Å². The van der Waals surface area contributed by atoms with Gasteiger partial charge >= 0.3 is 0 Å². The van der Waals surface area contributed by atoms with E-state index in [4.69, 9.17) is 22.1 Å². The van der Waals surface area contributed by atoms with Crippen molar-refractivity contribution in [3.8, 4) is 16.2 Å². The molecule has 0 atom stereocenters. The second kappa shape index (κ2) is 10.0. The van der Waals surface area contributed by atoms with Crippen molar-refractivity contribution in [2.75, 3.05) is 25.9 Å². The van der Waals surface area contributed by atoms with Gasteiger partial charge in [-0.05, 0) is 63.3 Å². The maximum absolute atomic E-state index is 14.0. The monoisotopic (exact) mass is 492 g/mol. The largest absolute Gasteiger partial charge is 0.485 e. The van der Waals surface area contributed by atoms with Gasteiger partial charge in [-0.1, -0.05) is 11.6 Å². The summed E-state index contributed by atoms with van der Waals surface area (Å²) in [7, 11) is 2.07. The minimum atomic E-state index is -0.735. The summed E-state index contributed by atoms with van der Waals surface area (Å²) < 4.78 is 33.3. The summed E-state index contributed by atoms with van der Waals surface area (Å²) in [6.07, 6.45) is 3.43. The Bertz CT molecular complexity index is 1170. The van der Waals surface area contributed by atoms with Crippen LogP contribution in [0.2, 0.25) is 5.02 Å². The molecule has 0 bridgehead atoms. The summed E-state index contributed by atoms with van der Waals surface area (Å²) in [5.74, 6) is -1.21. The molecule has 10 heteroatoms. The van der Waals surface area contributed by atoms with Crippen molar-refractivity contribution in [1.82, 2.24) is 15.2 Å². The molecule has 0 spiro atoms. The van der Waals surface area contributed by atoms with E-state index in [9.17, 15) is 13.6 Å². The smallest absolute Gasteiger partial charge is 0.261 e. The summed E-state index contributed by atoms with van der Waals surface area (Å²) in [4.78, 5) is 20.4. The number of nitrogen functional groups attached to an aromatic ring is 1. The van der Waals surface area contributed by atoms with E-state index in [0.29, 0.717) is 10.4 Å². The molecule has 1 amide bonds. The molecule has 2 aromatic heterocycles. The number of nitrogens with zero attached hydrogens (tertiary/aromatic N) is 2. The summed E-state index contributed by atoms with van der Waals surface area (Å²) >= 11 is 7.19. The van der Waals surface area contributed by atoms with Crippen molar-refractivity contribution in [2.24, 2.45) is 0 Å². The third-order valence-corrected chi connectivity index (χ3v) is 7.10. The molecule has 0 saturated carbocycles. The van der Waals surface area contributed by atoms with Crippen LogP contribution in [-0.4, -0.2) is 42.0 Å². The number of halogens is 3. The van der Waals surface area contributed by atoms with Crippen molar-refractivity contribution >= 4 is 34.7 Å². The quantitative estimate of drug-likeness (QED) is 0.486. The third kappa shape index (κ3) is 5.43. The lowest BCUT2D eigenvalue weighted by Crippen LogP contribution is -2.43. The predicted molar refractivity (Wildman–Crippen MR) is 126 cm³/mol. The summed E-state index contributed by atoms with van der Waals surface area (Å²) in [6.45, 7) is 1.61. The van der Waals surface area contributed by atoms with Gasteiger partial charge in [0.25, 0.3) is 5.91 Å². The number of carbonyl (C=O) groups excluding carboxylic acids is 1. The van der Waals surface area contributed by atoms with Gasteiger partial charge in [-0.2, -0.15) is 0 Å². The molecule has 3 N–H and O–H groups in total. The molecule has 1 aliphatic heterocycles. The number of amides is 1. The molecule has 1 aromatic carbocycles. The summed E-state index contributed by atoms with van der Waals surface area (Å²) in [5.41, 5.74) is 6.49. The average Bonchev–Trinajstić information content (AvgIpc) is 3.29. The second-order valence-corrected chi connectivity index (χ2v) is 9.39. The first-order valence-corrected chi connectivity index (χ1v) is 11.6. The number of carbonyl (C=O) groups is 1. The normalized spacial score (nSPS) is 14.9. The lowest BCUT2D eigenvalue weighted by Gasteiger charge is -2.29. The number of nitrogens with one attached hydrogen (secondary N) is 1. The number of hydrogen-bond donors (Lipinski definition) is 2. The van der Waals surface area contributed by atoms with Crippen LogP contribution >= 0.6 is 22.9 Å². The maximum atomic E-state index is 14.0. The van der Waals surface area contributed by atoms with Crippen LogP contribution in [0, 0.1) is 11.6 Å². The van der Waals surface area contributed by atoms with Crippen molar-refractivity contribution in [3.63, 3.8) is 0 Å². The Morgan fingerprint density at radius 3 is 2.76 bits per heavy atom. The number of likely N-dealkylation sites (tertiary alicyclic amines) is 1. The Hall–Kier alpha value is -2.75. The van der Waals surface area contributed by atoms with Crippen LogP contribution in [0.15, 0.2) is 36.5 Å². The van der Waals surface area contributed by atoms with Crippen molar-refractivity contribution in [1.29, 1.82) is 0 Å². The minimum Gasteiger partial charge on any atom is -0.485 e. The molecule has 4 rings (SSSR count). The molecule has 174 valence electrons. The van der Waals surface area contributed by atoms with Crippen LogP contribution in [0.3, 0.4) is 0 Å². The van der Waals surface area contributed by atoms with E-state index in [0.717, 1.165) is 42.9 Å². The fourth-order valence-corrected chi connectivity index (χ4v) is 4.68. The van der Waals surface area contributed by atoms with Gasteiger partial charge in [-0.15, -0.1) is 11.3 Å². The molecule has 0 radical (unpaired) electrons. The van der Waals surface area contributed by atoms with E-state index >= 15 is 0 Å². The number of benzene rings is 1. The molecule has 0 aliphatic carbocycles. The van der Waals surface area contributed by atoms with Gasteiger partial charge < -0.3 is 20.7 Å². The molecule has 6 nitrogen and oxygen atoms in total. The zero-order chi connectivity index (χ0) is 23.5.